The molecule has 0 aliphatic heterocycles. The van der Waals surface area contributed by atoms with Gasteiger partial charge in [0.2, 0.25) is 0 Å². The van der Waals surface area contributed by atoms with Crippen LogP contribution in [-0.4, -0.2) is 55.0 Å². The number of nitrogens with one attached hydrogen (secondary N) is 1. The van der Waals surface area contributed by atoms with Crippen molar-refractivity contribution in [3.63, 3.8) is 0 Å². The second-order valence-corrected chi connectivity index (χ2v) is 9.15. The first-order chi connectivity index (χ1) is 15.1. The average Bonchev–Trinajstić information content (AvgIpc) is 3.17. The number of anilines is 2. The Morgan fingerprint density at radius 3 is 2.38 bits per heavy atom. The van der Waals surface area contributed by atoms with E-state index in [1.165, 1.54) is 0 Å². The van der Waals surface area contributed by atoms with Gasteiger partial charge in [-0.05, 0) is 44.4 Å². The fourth-order valence-electron chi connectivity index (χ4n) is 3.10. The highest BCUT2D eigenvalue weighted by molar-refractivity contribution is 5.85. The van der Waals surface area contributed by atoms with Crippen LogP contribution in [0.2, 0.25) is 0 Å². The van der Waals surface area contributed by atoms with Crippen LogP contribution < -0.4 is 15.0 Å². The van der Waals surface area contributed by atoms with Gasteiger partial charge in [0, 0.05) is 37.3 Å². The highest BCUT2D eigenvalue weighted by Crippen LogP contribution is 2.28. The van der Waals surface area contributed by atoms with Crippen molar-refractivity contribution in [1.82, 2.24) is 14.7 Å². The van der Waals surface area contributed by atoms with Crippen LogP contribution in [0.3, 0.4) is 0 Å². The van der Waals surface area contributed by atoms with E-state index in [9.17, 15) is 4.79 Å². The minimum Gasteiger partial charge on any atom is -0.410 e. The maximum Gasteiger partial charge on any atom is 0.418 e. The fraction of sp³-hybridized carbons (Fsp3) is 0.360. The highest BCUT2D eigenvalue weighted by Gasteiger charge is 2.22. The molecule has 0 radical (unpaired) electrons. The third kappa shape index (κ3) is 6.11. The molecule has 3 rings (SSSR count). The first kappa shape index (κ1) is 23.3. The minimum absolute atomic E-state index is 0.175. The van der Waals surface area contributed by atoms with Gasteiger partial charge in [-0.2, -0.15) is 5.10 Å². The van der Waals surface area contributed by atoms with Crippen molar-refractivity contribution in [3.8, 4) is 11.4 Å². The summed E-state index contributed by atoms with van der Waals surface area (Å²) < 4.78 is 7.18. The molecule has 170 valence electrons. The Bertz CT molecular complexity index is 1040. The van der Waals surface area contributed by atoms with Crippen LogP contribution in [0.5, 0.6) is 5.75 Å². The number of ether oxygens (including phenoxy) is 1. The van der Waals surface area contributed by atoms with Gasteiger partial charge in [0.1, 0.15) is 11.6 Å². The third-order valence-electron chi connectivity index (χ3n) is 5.06. The summed E-state index contributed by atoms with van der Waals surface area (Å²) in [5.41, 5.74) is 2.64. The zero-order valence-electron chi connectivity index (χ0n) is 19.8. The third-order valence-corrected chi connectivity index (χ3v) is 5.06. The number of hydrogen-bond donors (Lipinski definition) is 1. The van der Waals surface area contributed by atoms with Gasteiger partial charge in [0.15, 0.2) is 0 Å². The molecule has 3 aromatic rings. The lowest BCUT2D eigenvalue weighted by molar-refractivity contribution is 0.215. The van der Waals surface area contributed by atoms with Crippen molar-refractivity contribution in [2.45, 2.75) is 26.2 Å². The maximum atomic E-state index is 12.6. The molecule has 1 N–H and O–H groups in total. The van der Waals surface area contributed by atoms with Crippen LogP contribution in [0.15, 0.2) is 60.7 Å². The van der Waals surface area contributed by atoms with Crippen molar-refractivity contribution in [2.75, 3.05) is 44.4 Å². The zero-order valence-corrected chi connectivity index (χ0v) is 19.8. The number of amides is 1. The summed E-state index contributed by atoms with van der Waals surface area (Å²) in [7, 11) is 6.20. The Hall–Kier alpha value is -3.32. The van der Waals surface area contributed by atoms with Crippen LogP contribution in [0.1, 0.15) is 26.5 Å². The van der Waals surface area contributed by atoms with E-state index in [1.54, 1.807) is 16.8 Å². The number of hydrogen-bond acceptors (Lipinski definition) is 5. The topological polar surface area (TPSA) is 62.6 Å². The number of para-hydroxylation sites is 1. The standard InChI is InChI=1S/C25H33N5O2/c1-25(2,3)22-18-23(26-24(31)32-21-13-8-7-9-14-21)30(27-22)20-12-10-11-19(17-20)29(6)16-15-28(4)5/h7-14,17-18H,15-16H2,1-6H3,(H,26,31). The Morgan fingerprint density at radius 2 is 1.72 bits per heavy atom. The van der Waals surface area contributed by atoms with E-state index in [0.717, 1.165) is 30.2 Å². The molecule has 7 nitrogen and oxygen atoms in total. The summed E-state index contributed by atoms with van der Waals surface area (Å²) in [4.78, 5) is 16.9. The van der Waals surface area contributed by atoms with E-state index >= 15 is 0 Å². The molecule has 1 amide bonds. The van der Waals surface area contributed by atoms with Gasteiger partial charge in [0.25, 0.3) is 0 Å². The van der Waals surface area contributed by atoms with E-state index in [1.807, 2.05) is 36.4 Å². The summed E-state index contributed by atoms with van der Waals surface area (Å²) in [5.74, 6) is 1.04. The molecule has 0 fully saturated rings. The molecular formula is C25H33N5O2. The molecule has 0 atom stereocenters. The minimum atomic E-state index is -0.558. The van der Waals surface area contributed by atoms with Crippen LogP contribution in [0.4, 0.5) is 16.3 Å². The van der Waals surface area contributed by atoms with E-state index in [0.29, 0.717) is 11.6 Å². The van der Waals surface area contributed by atoms with Crippen LogP contribution in [0, 0.1) is 0 Å². The zero-order chi connectivity index (χ0) is 23.3. The van der Waals surface area contributed by atoms with E-state index in [2.05, 4.69) is 69.2 Å². The van der Waals surface area contributed by atoms with Gasteiger partial charge in [-0.1, -0.05) is 45.0 Å². The molecule has 2 aromatic carbocycles. The maximum absolute atomic E-state index is 12.6. The van der Waals surface area contributed by atoms with Crippen molar-refractivity contribution in [1.29, 1.82) is 0 Å². The van der Waals surface area contributed by atoms with Crippen molar-refractivity contribution in [2.24, 2.45) is 0 Å². The molecule has 0 saturated heterocycles. The quantitative estimate of drug-likeness (QED) is 0.579. The van der Waals surface area contributed by atoms with Gasteiger partial charge in [-0.3, -0.25) is 5.32 Å². The van der Waals surface area contributed by atoms with Crippen LogP contribution in [0.25, 0.3) is 5.69 Å². The molecule has 0 unspecified atom stereocenters. The lowest BCUT2D eigenvalue weighted by atomic mass is 9.92. The molecule has 0 aliphatic rings. The van der Waals surface area contributed by atoms with Gasteiger partial charge < -0.3 is 14.5 Å². The van der Waals surface area contributed by atoms with Crippen LogP contribution >= 0.6 is 0 Å². The smallest absolute Gasteiger partial charge is 0.410 e. The normalized spacial score (nSPS) is 11.5. The summed E-state index contributed by atoms with van der Waals surface area (Å²) in [6.07, 6.45) is -0.558. The van der Waals surface area contributed by atoms with Gasteiger partial charge >= 0.3 is 6.09 Å². The fourth-order valence-corrected chi connectivity index (χ4v) is 3.10. The van der Waals surface area contributed by atoms with Gasteiger partial charge in [0.05, 0.1) is 11.4 Å². The summed E-state index contributed by atoms with van der Waals surface area (Å²) >= 11 is 0. The molecule has 0 bridgehead atoms. The predicted octanol–water partition coefficient (Wildman–Crippen LogP) is 4.78. The Balaban J connectivity index is 1.89. The Morgan fingerprint density at radius 1 is 1.00 bits per heavy atom. The Kier molecular flexibility index (Phi) is 7.20. The number of carbonyl (C=O) groups is 1. The molecule has 0 saturated carbocycles. The SMILES string of the molecule is CN(C)CCN(C)c1cccc(-n2nc(C(C)(C)C)cc2NC(=O)Oc2ccccc2)c1. The van der Waals surface area contributed by atoms with Crippen LogP contribution in [-0.2, 0) is 5.41 Å². The first-order valence-corrected chi connectivity index (χ1v) is 10.7. The van der Waals surface area contributed by atoms with Gasteiger partial charge in [-0.15, -0.1) is 0 Å². The monoisotopic (exact) mass is 435 g/mol. The number of rotatable bonds is 7. The summed E-state index contributed by atoms with van der Waals surface area (Å²) in [6.45, 7) is 8.14. The number of carbonyl (C=O) groups excluding carboxylic acids is 1. The number of nitrogens with zero attached hydrogens (tertiary/aromatic N) is 4. The lowest BCUT2D eigenvalue weighted by Gasteiger charge is -2.22. The number of likely N-dealkylation sites (N-methyl/N-ethyl adjacent to an activating group) is 2. The molecule has 1 heterocycles. The average molecular weight is 436 g/mol. The predicted molar refractivity (Wildman–Crippen MR) is 130 cm³/mol. The molecule has 0 aliphatic carbocycles. The molecule has 0 spiro atoms. The molecule has 32 heavy (non-hydrogen) atoms. The number of benzene rings is 2. The Labute approximate surface area is 190 Å². The van der Waals surface area contributed by atoms with Crippen molar-refractivity contribution >= 4 is 17.6 Å². The summed E-state index contributed by atoms with van der Waals surface area (Å²) in [5, 5.41) is 7.66. The van der Waals surface area contributed by atoms with Crippen molar-refractivity contribution < 1.29 is 9.53 Å². The van der Waals surface area contributed by atoms with Gasteiger partial charge in [-0.25, -0.2) is 9.48 Å². The molecular weight excluding hydrogens is 402 g/mol. The van der Waals surface area contributed by atoms with E-state index in [4.69, 9.17) is 9.84 Å². The first-order valence-electron chi connectivity index (χ1n) is 10.7. The lowest BCUT2D eigenvalue weighted by Crippen LogP contribution is -2.28. The largest absolute Gasteiger partial charge is 0.418 e. The van der Waals surface area contributed by atoms with E-state index < -0.39 is 6.09 Å². The second-order valence-electron chi connectivity index (χ2n) is 9.15. The molecule has 1 aromatic heterocycles. The second kappa shape index (κ2) is 9.87. The molecule has 7 heteroatoms. The number of aromatic nitrogens is 2. The van der Waals surface area contributed by atoms with E-state index in [-0.39, 0.29) is 5.41 Å². The summed E-state index contributed by atoms with van der Waals surface area (Å²) in [6, 6.07) is 19.0. The highest BCUT2D eigenvalue weighted by atomic mass is 16.6. The van der Waals surface area contributed by atoms with Crippen molar-refractivity contribution in [3.05, 3.63) is 66.4 Å².